The van der Waals surface area contributed by atoms with Gasteiger partial charge in [0.25, 0.3) is 0 Å². The molecule has 0 fully saturated rings. The fraction of sp³-hybridized carbons (Fsp3) is 0.417. The molecule has 0 aliphatic heterocycles. The molecule has 3 rings (SSSR count). The SMILES string of the molecule is C=C(CCC)CC1c2ccccc2-c2ccc(C)cc21.CC.CC. The summed E-state index contributed by atoms with van der Waals surface area (Å²) >= 11 is 0. The normalized spacial score (nSPS) is 13.7. The van der Waals surface area contributed by atoms with Gasteiger partial charge in [0.15, 0.2) is 0 Å². The van der Waals surface area contributed by atoms with Gasteiger partial charge in [-0.3, -0.25) is 0 Å². The van der Waals surface area contributed by atoms with Crippen molar-refractivity contribution < 1.29 is 0 Å². The zero-order chi connectivity index (χ0) is 18.1. The molecule has 0 bridgehead atoms. The van der Waals surface area contributed by atoms with Crippen LogP contribution in [0.3, 0.4) is 0 Å². The molecule has 2 aromatic rings. The van der Waals surface area contributed by atoms with Gasteiger partial charge in [-0.15, -0.1) is 0 Å². The molecule has 0 aromatic heterocycles. The van der Waals surface area contributed by atoms with Crippen LogP contribution in [0.15, 0.2) is 54.6 Å². The Morgan fingerprint density at radius 3 is 2.21 bits per heavy atom. The standard InChI is InChI=1S/C20H22.2C2H6/c1-4-7-14(2)12-19-17-9-6-5-8-16(17)18-11-10-15(3)13-20(18)19;2*1-2/h5-6,8-11,13,19H,2,4,7,12H2,1,3H3;2*1-2H3. The van der Waals surface area contributed by atoms with E-state index >= 15 is 0 Å². The van der Waals surface area contributed by atoms with E-state index < -0.39 is 0 Å². The van der Waals surface area contributed by atoms with Crippen molar-refractivity contribution in [3.63, 3.8) is 0 Å². The van der Waals surface area contributed by atoms with Crippen LogP contribution in [0.4, 0.5) is 0 Å². The number of fused-ring (bicyclic) bond motifs is 3. The average Bonchev–Trinajstić information content (AvgIpc) is 2.92. The van der Waals surface area contributed by atoms with Crippen molar-refractivity contribution in [1.29, 1.82) is 0 Å². The summed E-state index contributed by atoms with van der Waals surface area (Å²) < 4.78 is 0. The van der Waals surface area contributed by atoms with Crippen LogP contribution in [0.1, 0.15) is 76.5 Å². The average molecular weight is 323 g/mol. The van der Waals surface area contributed by atoms with E-state index in [1.807, 2.05) is 27.7 Å². The molecule has 0 heteroatoms. The summed E-state index contributed by atoms with van der Waals surface area (Å²) in [4.78, 5) is 0. The molecule has 0 heterocycles. The molecule has 1 aliphatic carbocycles. The summed E-state index contributed by atoms with van der Waals surface area (Å²) in [5.41, 5.74) is 8.52. The molecule has 0 saturated carbocycles. The topological polar surface area (TPSA) is 0 Å². The highest BCUT2D eigenvalue weighted by Gasteiger charge is 2.28. The van der Waals surface area contributed by atoms with E-state index in [1.165, 1.54) is 39.8 Å². The van der Waals surface area contributed by atoms with E-state index in [1.54, 1.807) is 0 Å². The molecule has 0 N–H and O–H groups in total. The van der Waals surface area contributed by atoms with Crippen molar-refractivity contribution in [2.45, 2.75) is 66.7 Å². The molecule has 1 unspecified atom stereocenters. The highest BCUT2D eigenvalue weighted by atomic mass is 14.3. The van der Waals surface area contributed by atoms with Gasteiger partial charge < -0.3 is 0 Å². The van der Waals surface area contributed by atoms with Crippen LogP contribution in [0.2, 0.25) is 0 Å². The second kappa shape index (κ2) is 10.1. The Hall–Kier alpha value is -1.82. The van der Waals surface area contributed by atoms with Gasteiger partial charge in [-0.1, -0.05) is 101 Å². The Morgan fingerprint density at radius 1 is 0.917 bits per heavy atom. The van der Waals surface area contributed by atoms with Crippen LogP contribution in [0.25, 0.3) is 11.1 Å². The summed E-state index contributed by atoms with van der Waals surface area (Å²) in [5, 5.41) is 0. The molecular formula is C24H34. The Bertz CT molecular complexity index is 649. The second-order valence-corrected chi connectivity index (χ2v) is 5.93. The number of hydrogen-bond donors (Lipinski definition) is 0. The quantitative estimate of drug-likeness (QED) is 0.502. The van der Waals surface area contributed by atoms with Crippen LogP contribution >= 0.6 is 0 Å². The van der Waals surface area contributed by atoms with Crippen LogP contribution in [-0.2, 0) is 0 Å². The molecule has 24 heavy (non-hydrogen) atoms. The third-order valence-corrected chi connectivity index (χ3v) is 4.31. The molecule has 0 amide bonds. The first-order valence-corrected chi connectivity index (χ1v) is 9.57. The molecular weight excluding hydrogens is 288 g/mol. The summed E-state index contributed by atoms with van der Waals surface area (Å²) in [7, 11) is 0. The lowest BCUT2D eigenvalue weighted by molar-refractivity contribution is 0.759. The minimum Gasteiger partial charge on any atom is -0.0998 e. The number of rotatable bonds is 4. The fourth-order valence-electron chi connectivity index (χ4n) is 3.39. The van der Waals surface area contributed by atoms with E-state index in [0.29, 0.717) is 5.92 Å². The number of aryl methyl sites for hydroxylation is 1. The van der Waals surface area contributed by atoms with E-state index in [0.717, 1.165) is 12.8 Å². The highest BCUT2D eigenvalue weighted by Crippen LogP contribution is 2.47. The summed E-state index contributed by atoms with van der Waals surface area (Å²) in [5.74, 6) is 0.500. The molecule has 0 nitrogen and oxygen atoms in total. The smallest absolute Gasteiger partial charge is 0.0139 e. The minimum atomic E-state index is 0.500. The first-order valence-electron chi connectivity index (χ1n) is 9.57. The Balaban J connectivity index is 0.000000671. The molecule has 0 spiro atoms. The van der Waals surface area contributed by atoms with Crippen molar-refractivity contribution in [2.75, 3.05) is 0 Å². The third-order valence-electron chi connectivity index (χ3n) is 4.31. The van der Waals surface area contributed by atoms with E-state index in [2.05, 4.69) is 62.9 Å². The molecule has 1 aliphatic rings. The maximum atomic E-state index is 4.28. The lowest BCUT2D eigenvalue weighted by Gasteiger charge is -2.15. The first kappa shape index (κ1) is 20.2. The Morgan fingerprint density at radius 2 is 1.54 bits per heavy atom. The van der Waals surface area contributed by atoms with E-state index in [9.17, 15) is 0 Å². The van der Waals surface area contributed by atoms with Gasteiger partial charge in [-0.05, 0) is 42.0 Å². The van der Waals surface area contributed by atoms with Crippen molar-refractivity contribution in [3.8, 4) is 11.1 Å². The zero-order valence-corrected chi connectivity index (χ0v) is 16.4. The Kier molecular flexibility index (Phi) is 8.54. The summed E-state index contributed by atoms with van der Waals surface area (Å²) in [6.07, 6.45) is 3.41. The fourth-order valence-corrected chi connectivity index (χ4v) is 3.39. The zero-order valence-electron chi connectivity index (χ0n) is 16.4. The monoisotopic (exact) mass is 322 g/mol. The van der Waals surface area contributed by atoms with Crippen LogP contribution in [0, 0.1) is 6.92 Å². The van der Waals surface area contributed by atoms with Gasteiger partial charge in [-0.25, -0.2) is 0 Å². The van der Waals surface area contributed by atoms with E-state index in [-0.39, 0.29) is 0 Å². The molecule has 0 radical (unpaired) electrons. The largest absolute Gasteiger partial charge is 0.0998 e. The highest BCUT2D eigenvalue weighted by molar-refractivity contribution is 5.79. The van der Waals surface area contributed by atoms with Gasteiger partial charge in [0.2, 0.25) is 0 Å². The van der Waals surface area contributed by atoms with Crippen molar-refractivity contribution in [2.24, 2.45) is 0 Å². The van der Waals surface area contributed by atoms with Crippen molar-refractivity contribution >= 4 is 0 Å². The third kappa shape index (κ3) is 4.38. The van der Waals surface area contributed by atoms with Crippen molar-refractivity contribution in [1.82, 2.24) is 0 Å². The van der Waals surface area contributed by atoms with Gasteiger partial charge in [0, 0.05) is 5.92 Å². The van der Waals surface area contributed by atoms with E-state index in [4.69, 9.17) is 0 Å². The molecule has 0 saturated heterocycles. The maximum absolute atomic E-state index is 4.28. The maximum Gasteiger partial charge on any atom is 0.0139 e. The lowest BCUT2D eigenvalue weighted by atomic mass is 9.89. The van der Waals surface area contributed by atoms with Crippen LogP contribution in [0.5, 0.6) is 0 Å². The predicted octanol–water partition coefficient (Wildman–Crippen LogP) is 7.91. The summed E-state index contributed by atoms with van der Waals surface area (Å²) in [6, 6.07) is 15.7. The van der Waals surface area contributed by atoms with Gasteiger partial charge in [0.1, 0.15) is 0 Å². The van der Waals surface area contributed by atoms with Crippen molar-refractivity contribution in [3.05, 3.63) is 71.3 Å². The minimum absolute atomic E-state index is 0.500. The lowest BCUT2D eigenvalue weighted by Crippen LogP contribution is -1.99. The van der Waals surface area contributed by atoms with Crippen LogP contribution < -0.4 is 0 Å². The summed E-state index contributed by atoms with van der Waals surface area (Å²) in [6.45, 7) is 16.7. The molecule has 130 valence electrons. The number of benzene rings is 2. The predicted molar refractivity (Wildman–Crippen MR) is 110 cm³/mol. The second-order valence-electron chi connectivity index (χ2n) is 5.93. The first-order chi connectivity index (χ1) is 11.7. The molecule has 1 atom stereocenters. The van der Waals surface area contributed by atoms with Gasteiger partial charge in [0.05, 0.1) is 0 Å². The molecule has 2 aromatic carbocycles. The number of hydrogen-bond acceptors (Lipinski definition) is 0. The Labute approximate surface area is 149 Å². The van der Waals surface area contributed by atoms with Crippen LogP contribution in [-0.4, -0.2) is 0 Å². The van der Waals surface area contributed by atoms with Gasteiger partial charge in [-0.2, -0.15) is 0 Å². The number of allylic oxidation sites excluding steroid dienone is 1. The van der Waals surface area contributed by atoms with Gasteiger partial charge >= 0.3 is 0 Å².